The summed E-state index contributed by atoms with van der Waals surface area (Å²) in [6.07, 6.45) is 6.25. The third kappa shape index (κ3) is 5.23. The minimum atomic E-state index is 0.548. The highest BCUT2D eigenvalue weighted by Crippen LogP contribution is 2.17. The lowest BCUT2D eigenvalue weighted by Gasteiger charge is -2.22. The van der Waals surface area contributed by atoms with Crippen LogP contribution in [0.1, 0.15) is 46.0 Å². The maximum Gasteiger partial charge on any atom is 0.205 e. The highest BCUT2D eigenvalue weighted by atomic mass is 15.3. The second-order valence-corrected chi connectivity index (χ2v) is 5.24. The maximum absolute atomic E-state index is 5.50. The first-order valence-electron chi connectivity index (χ1n) is 7.15. The maximum atomic E-state index is 5.50. The van der Waals surface area contributed by atoms with Gasteiger partial charge in [-0.15, -0.1) is 0 Å². The zero-order valence-corrected chi connectivity index (χ0v) is 12.1. The summed E-state index contributed by atoms with van der Waals surface area (Å²) in [6, 6.07) is 1.16. The van der Waals surface area contributed by atoms with Gasteiger partial charge in [0.1, 0.15) is 0 Å². The third-order valence-electron chi connectivity index (χ3n) is 3.90. The summed E-state index contributed by atoms with van der Waals surface area (Å²) < 4.78 is 0. The molecule has 1 atom stereocenters. The molecule has 0 aromatic heterocycles. The number of hydrazine groups is 1. The number of nitrogens with zero attached hydrogens (tertiary/aromatic N) is 2. The molecule has 0 radical (unpaired) electrons. The number of rotatable bonds is 6. The summed E-state index contributed by atoms with van der Waals surface area (Å²) in [6.45, 7) is 6.19. The molecule has 0 aromatic rings. The molecule has 0 amide bonds. The van der Waals surface area contributed by atoms with Gasteiger partial charge in [-0.2, -0.15) is 0 Å². The van der Waals surface area contributed by atoms with Crippen molar-refractivity contribution in [2.75, 3.05) is 20.1 Å². The van der Waals surface area contributed by atoms with Gasteiger partial charge >= 0.3 is 0 Å². The van der Waals surface area contributed by atoms with Crippen molar-refractivity contribution in [3.8, 4) is 0 Å². The van der Waals surface area contributed by atoms with E-state index in [2.05, 4.69) is 41.5 Å². The highest BCUT2D eigenvalue weighted by molar-refractivity contribution is 5.79. The van der Waals surface area contributed by atoms with Crippen LogP contribution in [0.25, 0.3) is 0 Å². The van der Waals surface area contributed by atoms with Crippen LogP contribution in [0.15, 0.2) is 4.99 Å². The summed E-state index contributed by atoms with van der Waals surface area (Å²) in [5.41, 5.74) is 2.67. The fourth-order valence-corrected chi connectivity index (χ4v) is 2.25. The van der Waals surface area contributed by atoms with Crippen molar-refractivity contribution in [2.45, 2.75) is 58.0 Å². The van der Waals surface area contributed by atoms with Gasteiger partial charge in [0.2, 0.25) is 5.96 Å². The molecule has 0 saturated heterocycles. The Morgan fingerprint density at radius 1 is 1.44 bits per heavy atom. The molecule has 1 rings (SSSR count). The van der Waals surface area contributed by atoms with E-state index < -0.39 is 0 Å². The van der Waals surface area contributed by atoms with E-state index in [1.807, 2.05) is 0 Å². The van der Waals surface area contributed by atoms with E-state index in [-0.39, 0.29) is 0 Å². The third-order valence-corrected chi connectivity index (χ3v) is 3.90. The highest BCUT2D eigenvalue weighted by Gasteiger charge is 2.15. The molecule has 1 aliphatic carbocycles. The van der Waals surface area contributed by atoms with Crippen LogP contribution in [-0.4, -0.2) is 43.1 Å². The number of hydrogen-bond acceptors (Lipinski definition) is 3. The van der Waals surface area contributed by atoms with E-state index in [0.29, 0.717) is 12.1 Å². The van der Waals surface area contributed by atoms with Crippen LogP contribution in [0.4, 0.5) is 0 Å². The van der Waals surface area contributed by atoms with Crippen LogP contribution < -0.4 is 16.6 Å². The van der Waals surface area contributed by atoms with Crippen molar-refractivity contribution in [1.29, 1.82) is 0 Å². The van der Waals surface area contributed by atoms with Crippen LogP contribution in [0.2, 0.25) is 0 Å². The first kappa shape index (κ1) is 15.2. The SMILES string of the molecule is CCC(C)N(C)CCN=C(NN)NC1CCCC1. The zero-order valence-electron chi connectivity index (χ0n) is 12.1. The lowest BCUT2D eigenvalue weighted by molar-refractivity contribution is 0.259. The number of guanidine groups is 1. The van der Waals surface area contributed by atoms with Crippen molar-refractivity contribution in [1.82, 2.24) is 15.6 Å². The molecule has 0 aliphatic heterocycles. The lowest BCUT2D eigenvalue weighted by atomic mass is 10.2. The van der Waals surface area contributed by atoms with Gasteiger partial charge in [0.05, 0.1) is 6.54 Å². The molecular weight excluding hydrogens is 226 g/mol. The molecule has 5 nitrogen and oxygen atoms in total. The zero-order chi connectivity index (χ0) is 13.4. The predicted octanol–water partition coefficient (Wildman–Crippen LogP) is 1.07. The van der Waals surface area contributed by atoms with Gasteiger partial charge in [0.25, 0.3) is 0 Å². The second-order valence-electron chi connectivity index (χ2n) is 5.24. The second kappa shape index (κ2) is 8.32. The summed E-state index contributed by atoms with van der Waals surface area (Å²) in [5.74, 6) is 6.23. The minimum Gasteiger partial charge on any atom is -0.353 e. The standard InChI is InChI=1S/C13H29N5/c1-4-11(2)18(3)10-9-15-13(17-14)16-12-7-5-6-8-12/h11-12H,4-10,14H2,1-3H3,(H2,15,16,17). The molecule has 5 heteroatoms. The molecule has 1 aliphatic rings. The Morgan fingerprint density at radius 2 is 2.11 bits per heavy atom. The number of nitrogens with one attached hydrogen (secondary N) is 2. The Hall–Kier alpha value is -0.810. The number of hydrogen-bond donors (Lipinski definition) is 3. The molecule has 0 aromatic carbocycles. The number of likely N-dealkylation sites (N-methyl/N-ethyl adjacent to an activating group) is 1. The molecule has 0 spiro atoms. The number of aliphatic imine (C=N–C) groups is 1. The fourth-order valence-electron chi connectivity index (χ4n) is 2.25. The van der Waals surface area contributed by atoms with Crippen LogP contribution in [-0.2, 0) is 0 Å². The predicted molar refractivity (Wildman–Crippen MR) is 77.4 cm³/mol. The average molecular weight is 255 g/mol. The van der Waals surface area contributed by atoms with Crippen LogP contribution in [0.5, 0.6) is 0 Å². The molecule has 0 bridgehead atoms. The van der Waals surface area contributed by atoms with Gasteiger partial charge in [-0.1, -0.05) is 19.8 Å². The van der Waals surface area contributed by atoms with Crippen molar-refractivity contribution < 1.29 is 0 Å². The molecule has 1 saturated carbocycles. The quantitative estimate of drug-likeness (QED) is 0.287. The summed E-state index contributed by atoms with van der Waals surface area (Å²) >= 11 is 0. The molecule has 0 heterocycles. The normalized spacial score (nSPS) is 19.3. The first-order valence-corrected chi connectivity index (χ1v) is 7.15. The van der Waals surface area contributed by atoms with Crippen molar-refractivity contribution in [3.63, 3.8) is 0 Å². The summed E-state index contributed by atoms with van der Waals surface area (Å²) in [4.78, 5) is 6.82. The molecular formula is C13H29N5. The van der Waals surface area contributed by atoms with Crippen molar-refractivity contribution in [3.05, 3.63) is 0 Å². The van der Waals surface area contributed by atoms with Gasteiger partial charge in [-0.3, -0.25) is 10.4 Å². The average Bonchev–Trinajstić information content (AvgIpc) is 2.89. The smallest absolute Gasteiger partial charge is 0.205 e. The van der Waals surface area contributed by atoms with E-state index >= 15 is 0 Å². The van der Waals surface area contributed by atoms with Gasteiger partial charge in [0.15, 0.2) is 0 Å². The monoisotopic (exact) mass is 255 g/mol. The molecule has 18 heavy (non-hydrogen) atoms. The Balaban J connectivity index is 2.28. The lowest BCUT2D eigenvalue weighted by Crippen LogP contribution is -2.46. The van der Waals surface area contributed by atoms with Gasteiger partial charge in [-0.05, 0) is 33.2 Å². The first-order chi connectivity index (χ1) is 8.67. The van der Waals surface area contributed by atoms with E-state index in [9.17, 15) is 0 Å². The number of nitrogens with two attached hydrogens (primary N) is 1. The van der Waals surface area contributed by atoms with Crippen molar-refractivity contribution >= 4 is 5.96 Å². The van der Waals surface area contributed by atoms with Crippen molar-refractivity contribution in [2.24, 2.45) is 10.8 Å². The van der Waals surface area contributed by atoms with Gasteiger partial charge < -0.3 is 10.2 Å². The topological polar surface area (TPSA) is 65.7 Å². The molecule has 1 unspecified atom stereocenters. The molecule has 1 fully saturated rings. The molecule has 4 N–H and O–H groups in total. The van der Waals surface area contributed by atoms with E-state index in [0.717, 1.165) is 19.0 Å². The Morgan fingerprint density at radius 3 is 2.67 bits per heavy atom. The summed E-state index contributed by atoms with van der Waals surface area (Å²) in [5, 5.41) is 3.38. The van der Waals surface area contributed by atoms with Crippen LogP contribution in [0, 0.1) is 0 Å². The van der Waals surface area contributed by atoms with E-state index in [1.165, 1.54) is 32.1 Å². The minimum absolute atomic E-state index is 0.548. The molecule has 106 valence electrons. The Kier molecular flexibility index (Phi) is 7.05. The largest absolute Gasteiger partial charge is 0.353 e. The van der Waals surface area contributed by atoms with Crippen LogP contribution >= 0.6 is 0 Å². The van der Waals surface area contributed by atoms with Gasteiger partial charge in [0, 0.05) is 18.6 Å². The summed E-state index contributed by atoms with van der Waals surface area (Å²) in [7, 11) is 2.14. The fraction of sp³-hybridized carbons (Fsp3) is 0.923. The Bertz CT molecular complexity index is 248. The van der Waals surface area contributed by atoms with Crippen LogP contribution in [0.3, 0.4) is 0 Å². The van der Waals surface area contributed by atoms with E-state index in [1.54, 1.807) is 0 Å². The van der Waals surface area contributed by atoms with Gasteiger partial charge in [-0.25, -0.2) is 5.84 Å². The van der Waals surface area contributed by atoms with E-state index in [4.69, 9.17) is 5.84 Å². The Labute approximate surface area is 111 Å².